The second-order valence-electron chi connectivity index (χ2n) is 11.3. The minimum Gasteiger partial charge on any atom is -0.467 e. The fourth-order valence-electron chi connectivity index (χ4n) is 3.64. The van der Waals surface area contributed by atoms with Crippen molar-refractivity contribution in [3.8, 4) is 0 Å². The average Bonchev–Trinajstić information content (AvgIpc) is 3.37. The number of carbonyl (C=O) groups is 5. The molecule has 1 aromatic rings. The number of nitrogens with one attached hydrogen (secondary N) is 2. The minimum absolute atomic E-state index is 0.0767. The van der Waals surface area contributed by atoms with E-state index in [9.17, 15) is 29.1 Å². The van der Waals surface area contributed by atoms with Gasteiger partial charge in [0.1, 0.15) is 18.3 Å². The molecule has 3 N–H and O–H groups in total. The molecule has 0 aliphatic carbocycles. The Morgan fingerprint density at radius 1 is 1.15 bits per heavy atom. The van der Waals surface area contributed by atoms with Gasteiger partial charge < -0.3 is 39.4 Å². The Balaban J connectivity index is 2.21. The maximum Gasteiger partial charge on any atom is 0.407 e. The van der Waals surface area contributed by atoms with Crippen molar-refractivity contribution in [2.45, 2.75) is 70.9 Å². The van der Waals surface area contributed by atoms with Crippen molar-refractivity contribution in [2.75, 3.05) is 44.9 Å². The molecular weight excluding hydrogens is 574 g/mol. The largest absolute Gasteiger partial charge is 0.467 e. The minimum atomic E-state index is -2.34. The van der Waals surface area contributed by atoms with E-state index in [1.54, 1.807) is 12.3 Å². The molecule has 0 radical (unpaired) electrons. The van der Waals surface area contributed by atoms with Crippen molar-refractivity contribution in [1.82, 2.24) is 20.5 Å². The third kappa shape index (κ3) is 9.39. The summed E-state index contributed by atoms with van der Waals surface area (Å²) < 4.78 is 15.8. The SMILES string of the molecule is COC(=O)[C@H](COC(C)=O)NC(=O)[C@H](CO[Si](C)(C)C(C)(C)C)NC(=O)c1csc(N2CCN(C(=O)O)C(C)C2)n1. The number of anilines is 1. The third-order valence-electron chi connectivity index (χ3n) is 7.16. The molecule has 2 rings (SSSR count). The molecule has 0 aromatic carbocycles. The van der Waals surface area contributed by atoms with Gasteiger partial charge >= 0.3 is 18.0 Å². The van der Waals surface area contributed by atoms with Crippen molar-refractivity contribution in [3.63, 3.8) is 0 Å². The quantitative estimate of drug-likeness (QED) is 0.244. The Morgan fingerprint density at radius 2 is 1.80 bits per heavy atom. The summed E-state index contributed by atoms with van der Waals surface area (Å²) in [7, 11) is -1.20. The average molecular weight is 616 g/mol. The van der Waals surface area contributed by atoms with Gasteiger partial charge in [-0.05, 0) is 25.1 Å². The van der Waals surface area contributed by atoms with Crippen LogP contribution in [0.15, 0.2) is 5.38 Å². The molecule has 1 aliphatic rings. The normalized spacial score (nSPS) is 17.3. The highest BCUT2D eigenvalue weighted by Crippen LogP contribution is 2.36. The number of piperazine rings is 1. The number of esters is 2. The number of carboxylic acid groups (broad SMARTS) is 1. The number of ether oxygens (including phenoxy) is 2. The lowest BCUT2D eigenvalue weighted by atomic mass is 10.2. The first-order chi connectivity index (χ1) is 19.0. The molecule has 3 amide bonds. The Bertz CT molecular complexity index is 1120. The number of methoxy groups -OCH3 is 1. The van der Waals surface area contributed by atoms with Gasteiger partial charge in [-0.2, -0.15) is 0 Å². The van der Waals surface area contributed by atoms with Gasteiger partial charge in [0.15, 0.2) is 19.5 Å². The van der Waals surface area contributed by atoms with Crippen molar-refractivity contribution in [3.05, 3.63) is 11.1 Å². The summed E-state index contributed by atoms with van der Waals surface area (Å²) >= 11 is 1.23. The third-order valence-corrected chi connectivity index (χ3v) is 12.6. The van der Waals surface area contributed by atoms with Crippen LogP contribution < -0.4 is 15.5 Å². The molecule has 1 fully saturated rings. The molecule has 2 heterocycles. The summed E-state index contributed by atoms with van der Waals surface area (Å²) in [5, 5.41) is 16.4. The second kappa shape index (κ2) is 14.1. The number of thiazole rings is 1. The maximum atomic E-state index is 13.3. The van der Waals surface area contributed by atoms with Gasteiger partial charge in [-0.25, -0.2) is 14.6 Å². The summed E-state index contributed by atoms with van der Waals surface area (Å²) in [5.74, 6) is -2.82. The molecule has 1 unspecified atom stereocenters. The van der Waals surface area contributed by atoms with Crippen molar-refractivity contribution < 1.29 is 43.0 Å². The zero-order valence-electron chi connectivity index (χ0n) is 24.8. The standard InChI is InChI=1S/C25H41N5O9SSi/c1-15-11-29(9-10-30(15)24(35)36)23-28-19(14-40-23)21(33)26-17(13-39-41(7,8)25(3,4)5)20(32)27-18(22(34)37-6)12-38-16(2)31/h14-15,17-18H,9-13H2,1-8H3,(H,26,33)(H,27,32)(H,35,36)/t15?,17-,18-/m0/s1. The van der Waals surface area contributed by atoms with Crippen LogP contribution in [-0.2, 0) is 28.3 Å². The second-order valence-corrected chi connectivity index (χ2v) is 16.9. The molecule has 0 saturated carbocycles. The predicted molar refractivity (Wildman–Crippen MR) is 154 cm³/mol. The summed E-state index contributed by atoms with van der Waals surface area (Å²) in [6.45, 7) is 13.6. The Morgan fingerprint density at radius 3 is 2.34 bits per heavy atom. The van der Waals surface area contributed by atoms with Gasteiger partial charge in [-0.3, -0.25) is 14.4 Å². The van der Waals surface area contributed by atoms with E-state index in [0.29, 0.717) is 24.8 Å². The number of aromatic nitrogens is 1. The molecule has 16 heteroatoms. The fraction of sp³-hybridized carbons (Fsp3) is 0.680. The van der Waals surface area contributed by atoms with Gasteiger partial charge in [0, 0.05) is 38.0 Å². The van der Waals surface area contributed by atoms with Crippen LogP contribution in [0.25, 0.3) is 0 Å². The zero-order chi connectivity index (χ0) is 31.1. The van der Waals surface area contributed by atoms with E-state index < -0.39 is 56.9 Å². The van der Waals surface area contributed by atoms with Gasteiger partial charge in [-0.15, -0.1) is 11.3 Å². The topological polar surface area (TPSA) is 177 Å². The van der Waals surface area contributed by atoms with E-state index in [2.05, 4.69) is 15.6 Å². The van der Waals surface area contributed by atoms with Crippen LogP contribution in [-0.4, -0.2) is 111 Å². The number of amides is 3. The molecule has 0 bridgehead atoms. The van der Waals surface area contributed by atoms with Crippen LogP contribution >= 0.6 is 11.3 Å². The van der Waals surface area contributed by atoms with Crippen LogP contribution in [0.4, 0.5) is 9.93 Å². The van der Waals surface area contributed by atoms with E-state index in [-0.39, 0.29) is 23.4 Å². The van der Waals surface area contributed by atoms with Crippen molar-refractivity contribution >= 4 is 54.6 Å². The number of hydrogen-bond acceptors (Lipinski definition) is 11. The van der Waals surface area contributed by atoms with Crippen LogP contribution in [0.1, 0.15) is 45.1 Å². The molecule has 1 aliphatic heterocycles. The number of carbonyl (C=O) groups excluding carboxylic acids is 4. The molecule has 1 aromatic heterocycles. The molecule has 14 nitrogen and oxygen atoms in total. The smallest absolute Gasteiger partial charge is 0.407 e. The van der Waals surface area contributed by atoms with Gasteiger partial charge in [0.05, 0.1) is 13.7 Å². The zero-order valence-corrected chi connectivity index (χ0v) is 26.6. The molecule has 230 valence electrons. The highest BCUT2D eigenvalue weighted by atomic mass is 32.1. The number of hydrogen-bond donors (Lipinski definition) is 3. The summed E-state index contributed by atoms with van der Waals surface area (Å²) in [4.78, 5) is 69.1. The van der Waals surface area contributed by atoms with E-state index in [4.69, 9.17) is 13.9 Å². The lowest BCUT2D eigenvalue weighted by Crippen LogP contribution is -2.56. The van der Waals surface area contributed by atoms with E-state index in [0.717, 1.165) is 7.11 Å². The van der Waals surface area contributed by atoms with E-state index >= 15 is 0 Å². The molecule has 41 heavy (non-hydrogen) atoms. The first kappa shape index (κ1) is 34.0. The maximum absolute atomic E-state index is 13.3. The first-order valence-electron chi connectivity index (χ1n) is 13.1. The van der Waals surface area contributed by atoms with E-state index in [1.165, 1.54) is 23.2 Å². The Kier molecular flexibility index (Phi) is 11.7. The highest BCUT2D eigenvalue weighted by molar-refractivity contribution is 7.13. The van der Waals surface area contributed by atoms with Crippen LogP contribution in [0.2, 0.25) is 18.1 Å². The highest BCUT2D eigenvalue weighted by Gasteiger charge is 2.39. The Hall–Kier alpha value is -3.24. The lowest BCUT2D eigenvalue weighted by Gasteiger charge is -2.38. The number of rotatable bonds is 11. The predicted octanol–water partition coefficient (Wildman–Crippen LogP) is 1.67. The summed E-state index contributed by atoms with van der Waals surface area (Å²) in [6.07, 6.45) is -0.983. The Labute approximate surface area is 244 Å². The summed E-state index contributed by atoms with van der Waals surface area (Å²) in [5.41, 5.74) is 0.0767. The van der Waals surface area contributed by atoms with Crippen molar-refractivity contribution in [2.24, 2.45) is 0 Å². The van der Waals surface area contributed by atoms with Crippen LogP contribution in [0.3, 0.4) is 0 Å². The molecule has 0 spiro atoms. The molecule has 1 saturated heterocycles. The van der Waals surface area contributed by atoms with Crippen LogP contribution in [0, 0.1) is 0 Å². The van der Waals surface area contributed by atoms with Crippen LogP contribution in [0.5, 0.6) is 0 Å². The van der Waals surface area contributed by atoms with E-state index in [1.807, 2.05) is 38.8 Å². The summed E-state index contributed by atoms with van der Waals surface area (Å²) in [6, 6.07) is -2.75. The first-order valence-corrected chi connectivity index (χ1v) is 16.9. The van der Waals surface area contributed by atoms with Gasteiger partial charge in [0.2, 0.25) is 5.91 Å². The lowest BCUT2D eigenvalue weighted by molar-refractivity contribution is -0.151. The van der Waals surface area contributed by atoms with Crippen molar-refractivity contribution in [1.29, 1.82) is 0 Å². The fourth-order valence-corrected chi connectivity index (χ4v) is 5.50. The van der Waals surface area contributed by atoms with Gasteiger partial charge in [0.25, 0.3) is 5.91 Å². The molecule has 3 atom stereocenters. The molecular formula is C25H41N5O9SSi. The van der Waals surface area contributed by atoms with Gasteiger partial charge in [-0.1, -0.05) is 20.8 Å². The monoisotopic (exact) mass is 615 g/mol. The number of nitrogens with zero attached hydrogens (tertiary/aromatic N) is 3.